The molecule has 0 aliphatic heterocycles. The van der Waals surface area contributed by atoms with E-state index in [0.29, 0.717) is 0 Å². The van der Waals surface area contributed by atoms with Gasteiger partial charge in [-0.15, -0.1) is 0 Å². The number of hydrogen-bond acceptors (Lipinski definition) is 3. The fraction of sp³-hybridized carbons (Fsp3) is 0. The summed E-state index contributed by atoms with van der Waals surface area (Å²) in [6.07, 6.45) is 0. The Morgan fingerprint density at radius 1 is 0.110 bits per heavy atom. The van der Waals surface area contributed by atoms with E-state index in [9.17, 15) is 37.0 Å². The van der Waals surface area contributed by atoms with E-state index in [2.05, 4.69) is 0 Å². The first kappa shape index (κ1) is 29.5. The smallest absolute Gasteiger partial charge is 0.135 e. The van der Waals surface area contributed by atoms with Crippen molar-refractivity contribution in [1.82, 2.24) is 0 Å². The zero-order valence-electron chi connectivity index (χ0n) is 141. The predicted molar refractivity (Wildman–Crippen MR) is 538 cm³/mol. The van der Waals surface area contributed by atoms with Crippen LogP contribution in [0.25, 0.3) is 252 Å². The Morgan fingerprint density at radius 3 is 0.606 bits per heavy atom. The fourth-order valence-corrected chi connectivity index (χ4v) is 14.6. The Hall–Kier alpha value is -16.7. The summed E-state index contributed by atoms with van der Waals surface area (Å²) in [7, 11) is 0. The first-order valence-electron chi connectivity index (χ1n) is 76.2. The lowest BCUT2D eigenvalue weighted by Gasteiger charge is -2.18. The molecular formula is C124H78O3. The first-order chi connectivity index (χ1) is 95.5. The molecular weight excluding hydrogens is 1540 g/mol. The average Bonchev–Trinajstić information content (AvgIpc) is 1.67. The molecule has 0 aliphatic rings. The number of fused-ring (bicyclic) bond motifs is 16. The number of furan rings is 3. The predicted octanol–water partition coefficient (Wildman–Crippen LogP) is 35.5. The van der Waals surface area contributed by atoms with E-state index >= 15 is 0 Å². The molecule has 0 radical (unpaired) electrons. The molecule has 26 rings (SSSR count). The molecule has 127 heavy (non-hydrogen) atoms. The molecule has 0 aliphatic carbocycles. The van der Waals surface area contributed by atoms with E-state index in [1.165, 1.54) is 0 Å². The Labute approximate surface area is 843 Å². The van der Waals surface area contributed by atoms with Gasteiger partial charge < -0.3 is 13.3 Å². The Balaban J connectivity index is 0.000000153. The molecule has 0 atom stereocenters. The summed E-state index contributed by atoms with van der Waals surface area (Å²) in [6, 6.07) is -71.1. The lowest BCUT2D eigenvalue weighted by Crippen LogP contribution is -1.91. The zero-order chi connectivity index (χ0) is 152. The van der Waals surface area contributed by atoms with Crippen LogP contribution >= 0.6 is 0 Å². The molecule has 0 saturated heterocycles. The SMILES string of the molecule is [2H]c1c([2H])c([2H])c(-c2c([2H])c([2H])c(-c3c([2H])c([2H])c(-c4c5c([2H])c([2H])c([2H])c([2H])c5c(-c5c([2H])c([2H])c6oc7c([2H])c([2H])c([2H])c([2H])c7c6c5[2H])c5c([2H])c([2H])c([2H])c([2H])c45)c([2H])c3[2H])c([2H])c2[2H])c([2H])c1[2H].[2H]c1c([2H])c([2H])c(-c2c([2H])c([2H])c([2H])c(-c3c4c([2H])c([2H])c([2H])c([2H])c4c(-c4c([2H])c([2H])c5oc6c([2H])c([2H])c([2H])c([2H])c6c5c4[2H])c4c([2H])c([2H])c([2H])c([2H])c34)c2[2H])c([2H])c1[2H].[2H]c1c([2H])c([2H])c(-c2c([2H])c([2H])c3c([2H])c(-c4c5c([2H])c([2H])c([2H])c([2H])c5c(-c5c([2H])c([2H])c6oc7c([2H])c([2H])c([2H])c([2H])c7c6c5[2H])c5c([2H])c([2H])c([2H])c([2H])c45)c([2H])c([2H])c3c2[2H])c([2H])c1[2H]. The fourth-order valence-electron chi connectivity index (χ4n) is 14.6. The van der Waals surface area contributed by atoms with Crippen LogP contribution in [-0.4, -0.2) is 0 Å². The maximum Gasteiger partial charge on any atom is 0.135 e. The lowest BCUT2D eigenvalue weighted by molar-refractivity contribution is 0.668. The summed E-state index contributed by atoms with van der Waals surface area (Å²) in [5, 5.41) is -12.6. The van der Waals surface area contributed by atoms with Gasteiger partial charge in [-0.25, -0.2) is 0 Å². The molecule has 592 valence electrons. The van der Waals surface area contributed by atoms with Gasteiger partial charge in [0.2, 0.25) is 0 Å². The number of benzene rings is 23. The molecule has 0 spiro atoms. The zero-order valence-corrected chi connectivity index (χ0v) is 63.2. The Morgan fingerprint density at radius 2 is 0.291 bits per heavy atom. The van der Waals surface area contributed by atoms with Crippen LogP contribution in [0.15, 0.2) is 485 Å². The van der Waals surface area contributed by atoms with Crippen molar-refractivity contribution in [2.75, 3.05) is 0 Å². The van der Waals surface area contributed by atoms with Crippen LogP contribution in [0.3, 0.4) is 0 Å². The summed E-state index contributed by atoms with van der Waals surface area (Å²) in [5.41, 5.74) is -18.2. The number of hydrogen-bond donors (Lipinski definition) is 0. The second-order valence-electron chi connectivity index (χ2n) is 27.0. The topological polar surface area (TPSA) is 39.4 Å². The molecule has 0 saturated carbocycles. The molecule has 26 aromatic rings. The van der Waals surface area contributed by atoms with E-state index in [4.69, 9.17) is 83.2 Å². The van der Waals surface area contributed by atoms with Crippen LogP contribution in [0, 0.1) is 0 Å². The van der Waals surface area contributed by atoms with Crippen molar-refractivity contribution < 1.29 is 120 Å². The van der Waals surface area contributed by atoms with Crippen molar-refractivity contribution in [3.05, 3.63) is 471 Å². The van der Waals surface area contributed by atoms with Gasteiger partial charge in [0.15, 0.2) is 0 Å². The van der Waals surface area contributed by atoms with Gasteiger partial charge in [-0.1, -0.05) is 399 Å². The van der Waals surface area contributed by atoms with Crippen LogP contribution in [-0.2, 0) is 0 Å². The van der Waals surface area contributed by atoms with Gasteiger partial charge in [0.05, 0.1) is 107 Å². The summed E-state index contributed by atoms with van der Waals surface area (Å²) >= 11 is 0. The molecule has 3 nitrogen and oxygen atoms in total. The van der Waals surface area contributed by atoms with Crippen molar-refractivity contribution >= 4 is 141 Å². The molecule has 0 bridgehead atoms. The number of rotatable bonds is 10. The minimum atomic E-state index is -1.12. The van der Waals surface area contributed by atoms with Crippen molar-refractivity contribution in [1.29, 1.82) is 0 Å². The molecule has 3 heteroatoms. The third-order valence-corrected chi connectivity index (χ3v) is 20.0. The second kappa shape index (κ2) is 31.3. The molecule has 0 fully saturated rings. The third-order valence-electron chi connectivity index (χ3n) is 20.0. The highest BCUT2D eigenvalue weighted by molar-refractivity contribution is 6.26. The molecule has 3 aromatic heterocycles. The summed E-state index contributed by atoms with van der Waals surface area (Å²) in [4.78, 5) is 0. The van der Waals surface area contributed by atoms with E-state index < -0.39 is 724 Å². The van der Waals surface area contributed by atoms with Crippen molar-refractivity contribution in [2.45, 2.75) is 0 Å². The van der Waals surface area contributed by atoms with Gasteiger partial charge in [0.1, 0.15) is 33.5 Å². The van der Waals surface area contributed by atoms with Crippen LogP contribution < -0.4 is 0 Å². The summed E-state index contributed by atoms with van der Waals surface area (Å²) in [6.45, 7) is 0. The van der Waals surface area contributed by atoms with Crippen LogP contribution in [0.1, 0.15) is 107 Å². The van der Waals surface area contributed by atoms with Crippen molar-refractivity contribution in [3.8, 4) is 111 Å². The van der Waals surface area contributed by atoms with Crippen LogP contribution in [0.2, 0.25) is 0 Å². The van der Waals surface area contributed by atoms with E-state index in [-0.39, 0.29) is 0 Å². The van der Waals surface area contributed by atoms with Crippen LogP contribution in [0.4, 0.5) is 0 Å². The molecule has 0 amide bonds. The Kier molecular flexibility index (Phi) is 7.27. The van der Waals surface area contributed by atoms with Gasteiger partial charge in [-0.05, 0) is 259 Å². The van der Waals surface area contributed by atoms with Crippen molar-refractivity contribution in [2.24, 2.45) is 0 Å². The van der Waals surface area contributed by atoms with E-state index in [1.54, 1.807) is 0 Å². The quantitative estimate of drug-likeness (QED) is 0.128. The highest BCUT2D eigenvalue weighted by Crippen LogP contribution is 2.51. The summed E-state index contributed by atoms with van der Waals surface area (Å²) in [5.74, 6) is 0. The molecule has 3 heterocycles. The normalized spacial score (nSPS) is 20.2. The molecule has 23 aromatic carbocycles. The maximum atomic E-state index is 9.64. The first-order valence-corrected chi connectivity index (χ1v) is 37.2. The minimum absolute atomic E-state index is 0.402. The highest BCUT2D eigenvalue weighted by atomic mass is 16.3. The standard InChI is InChI=1S/C44H28O.C42H26O.C38H24O/c1-2-10-29(11-3-1)30-18-20-31(21-19-30)32-22-24-33(25-23-32)43-36-13-4-6-15-38(36)44(39-16-7-5-14-37(39)43)34-26-27-42-40(28-34)35-12-8-9-17-41(35)45-42;1-2-10-27(11-3-1)28-18-19-30-25-31(21-20-29(30)24-28)41-34-13-4-6-15-36(34)42(37-16-7-5-14-35(37)41)32-22-23-40-38(26-32)33-12-8-9-17-39(33)43-40;1-2-11-25(12-3-1)26-13-10-14-27(23-26)37-30-16-4-6-18-32(30)38(33-19-7-5-17-31(33)37)28-21-22-36-34(24-28)29-15-8-9-20-35(29)39-36/h1-28H;1-26H;1-24H/i1D,2D,3D,4D,5D,6D,7D,8D,9D,10D,11D,12D,13D,14D,15D,16D,17D,18D,19D,20D,21D,22D,23D,24D,25D,26D,27D,28D;1D,2D,3D,4D,5D,6D,7D,8D,9D,10D,11D,12D,13D,14D,15D,16D,17D,18D,19D,20D,21D,22D,23D,24D,25D,26D;1D,2D,3D,4D,5D,6D,7D,8D,9D,10D,11D,12D,13D,14D,15D,16D,17D,18D,19D,20D,21D,22D,23D,24D. The van der Waals surface area contributed by atoms with E-state index in [1.807, 2.05) is 0 Å². The number of para-hydroxylation sites is 3. The minimum Gasteiger partial charge on any atom is -0.456 e. The van der Waals surface area contributed by atoms with Gasteiger partial charge in [-0.3, -0.25) is 0 Å². The van der Waals surface area contributed by atoms with Gasteiger partial charge in [-0.2, -0.15) is 0 Å². The Bertz CT molecular complexity index is 13600. The van der Waals surface area contributed by atoms with Gasteiger partial charge >= 0.3 is 0 Å². The lowest BCUT2D eigenvalue weighted by atomic mass is 9.85. The molecule has 0 N–H and O–H groups in total. The molecule has 0 unspecified atom stereocenters. The average molecular weight is 1690 g/mol. The second-order valence-corrected chi connectivity index (χ2v) is 27.0. The van der Waals surface area contributed by atoms with Gasteiger partial charge in [0, 0.05) is 32.3 Å². The third kappa shape index (κ3) is 13.1. The maximum absolute atomic E-state index is 9.64. The highest BCUT2D eigenvalue weighted by Gasteiger charge is 2.24. The largest absolute Gasteiger partial charge is 0.456 e. The summed E-state index contributed by atoms with van der Waals surface area (Å²) < 4.78 is 709. The van der Waals surface area contributed by atoms with E-state index in [0.717, 1.165) is 0 Å². The monoisotopic (exact) mass is 1690 g/mol. The van der Waals surface area contributed by atoms with Crippen LogP contribution in [0.5, 0.6) is 0 Å². The van der Waals surface area contributed by atoms with Crippen molar-refractivity contribution in [3.63, 3.8) is 0 Å². The van der Waals surface area contributed by atoms with Gasteiger partial charge in [0.25, 0.3) is 0 Å².